The number of esters is 1. The van der Waals surface area contributed by atoms with E-state index < -0.39 is 5.54 Å². The summed E-state index contributed by atoms with van der Waals surface area (Å²) in [5, 5.41) is 3.28. The molecule has 21 heavy (non-hydrogen) atoms. The molecule has 1 rings (SSSR count). The SMILES string of the molecule is CCOC(=O)C1(NC)CCCC(N(CC(C)C)C(C)C)C1. The van der Waals surface area contributed by atoms with Crippen molar-refractivity contribution in [2.45, 2.75) is 77.9 Å². The van der Waals surface area contributed by atoms with Crippen molar-refractivity contribution in [2.24, 2.45) is 5.92 Å². The van der Waals surface area contributed by atoms with Crippen LogP contribution in [0.3, 0.4) is 0 Å². The van der Waals surface area contributed by atoms with Gasteiger partial charge in [0.05, 0.1) is 6.61 Å². The third-order valence-electron chi connectivity index (χ3n) is 4.58. The molecule has 4 nitrogen and oxygen atoms in total. The van der Waals surface area contributed by atoms with Crippen molar-refractivity contribution >= 4 is 5.97 Å². The van der Waals surface area contributed by atoms with Crippen LogP contribution in [0.25, 0.3) is 0 Å². The van der Waals surface area contributed by atoms with Crippen molar-refractivity contribution in [2.75, 3.05) is 20.2 Å². The number of rotatable bonds is 7. The van der Waals surface area contributed by atoms with Gasteiger partial charge in [0.25, 0.3) is 0 Å². The fourth-order valence-corrected chi connectivity index (χ4v) is 3.52. The molecular formula is C17H34N2O2. The zero-order valence-corrected chi connectivity index (χ0v) is 14.7. The second-order valence-electron chi connectivity index (χ2n) is 6.99. The Balaban J connectivity index is 2.87. The lowest BCUT2D eigenvalue weighted by Crippen LogP contribution is -2.58. The summed E-state index contributed by atoms with van der Waals surface area (Å²) in [7, 11) is 1.89. The molecule has 2 atom stereocenters. The Morgan fingerprint density at radius 2 is 2.05 bits per heavy atom. The number of ether oxygens (including phenoxy) is 1. The molecule has 1 fully saturated rings. The summed E-state index contributed by atoms with van der Waals surface area (Å²) in [5.41, 5.74) is -0.497. The van der Waals surface area contributed by atoms with Gasteiger partial charge >= 0.3 is 5.97 Å². The second kappa shape index (κ2) is 8.14. The Hall–Kier alpha value is -0.610. The van der Waals surface area contributed by atoms with Gasteiger partial charge in [-0.1, -0.05) is 13.8 Å². The molecule has 0 aromatic rings. The van der Waals surface area contributed by atoms with Crippen LogP contribution in [0.5, 0.6) is 0 Å². The first-order chi connectivity index (χ1) is 9.86. The van der Waals surface area contributed by atoms with Crippen molar-refractivity contribution < 1.29 is 9.53 Å². The minimum atomic E-state index is -0.497. The number of carbonyl (C=O) groups is 1. The predicted molar refractivity (Wildman–Crippen MR) is 87.4 cm³/mol. The molecule has 4 heteroatoms. The van der Waals surface area contributed by atoms with Gasteiger partial charge in [-0.2, -0.15) is 0 Å². The Bertz CT molecular complexity index is 331. The smallest absolute Gasteiger partial charge is 0.326 e. The van der Waals surface area contributed by atoms with Crippen LogP contribution in [-0.2, 0) is 9.53 Å². The summed E-state index contributed by atoms with van der Waals surface area (Å²) in [6.45, 7) is 12.4. The normalized spacial score (nSPS) is 26.6. The van der Waals surface area contributed by atoms with Gasteiger partial charge in [-0.05, 0) is 59.4 Å². The number of likely N-dealkylation sites (N-methyl/N-ethyl adjacent to an activating group) is 1. The minimum absolute atomic E-state index is 0.0783. The summed E-state index contributed by atoms with van der Waals surface area (Å²) >= 11 is 0. The van der Waals surface area contributed by atoms with E-state index in [1.165, 1.54) is 6.42 Å². The van der Waals surface area contributed by atoms with Gasteiger partial charge in [0.2, 0.25) is 0 Å². The maximum absolute atomic E-state index is 12.4. The highest BCUT2D eigenvalue weighted by molar-refractivity contribution is 5.81. The van der Waals surface area contributed by atoms with Gasteiger partial charge in [0.15, 0.2) is 0 Å². The van der Waals surface area contributed by atoms with Crippen molar-refractivity contribution in [3.8, 4) is 0 Å². The molecule has 1 aliphatic rings. The summed E-state index contributed by atoms with van der Waals surface area (Å²) in [4.78, 5) is 15.0. The Morgan fingerprint density at radius 3 is 2.52 bits per heavy atom. The van der Waals surface area contributed by atoms with Crippen molar-refractivity contribution in [3.05, 3.63) is 0 Å². The number of nitrogens with one attached hydrogen (secondary N) is 1. The molecule has 124 valence electrons. The summed E-state index contributed by atoms with van der Waals surface area (Å²) in [6, 6.07) is 0.963. The fourth-order valence-electron chi connectivity index (χ4n) is 3.52. The zero-order valence-electron chi connectivity index (χ0n) is 14.7. The molecule has 0 aliphatic heterocycles. The molecule has 1 N–H and O–H groups in total. The molecule has 0 aromatic heterocycles. The van der Waals surface area contributed by atoms with E-state index in [1.54, 1.807) is 0 Å². The van der Waals surface area contributed by atoms with E-state index >= 15 is 0 Å². The van der Waals surface area contributed by atoms with Crippen LogP contribution in [0, 0.1) is 5.92 Å². The lowest BCUT2D eigenvalue weighted by atomic mass is 9.78. The van der Waals surface area contributed by atoms with E-state index in [0.717, 1.165) is 25.8 Å². The highest BCUT2D eigenvalue weighted by Crippen LogP contribution is 2.33. The fraction of sp³-hybridized carbons (Fsp3) is 0.941. The van der Waals surface area contributed by atoms with Gasteiger partial charge in [-0.25, -0.2) is 0 Å². The average molecular weight is 298 g/mol. The van der Waals surface area contributed by atoms with Crippen LogP contribution < -0.4 is 5.32 Å². The topological polar surface area (TPSA) is 41.6 Å². The third-order valence-corrected chi connectivity index (χ3v) is 4.58. The number of hydrogen-bond donors (Lipinski definition) is 1. The zero-order chi connectivity index (χ0) is 16.0. The third kappa shape index (κ3) is 4.68. The van der Waals surface area contributed by atoms with Gasteiger partial charge in [0, 0.05) is 18.6 Å². The molecule has 0 bridgehead atoms. The minimum Gasteiger partial charge on any atom is -0.465 e. The molecule has 2 unspecified atom stereocenters. The van der Waals surface area contributed by atoms with Gasteiger partial charge < -0.3 is 10.1 Å². The van der Waals surface area contributed by atoms with Crippen LogP contribution in [-0.4, -0.2) is 48.7 Å². The second-order valence-corrected chi connectivity index (χ2v) is 6.99. The highest BCUT2D eigenvalue weighted by atomic mass is 16.5. The lowest BCUT2D eigenvalue weighted by Gasteiger charge is -2.45. The Kier molecular flexibility index (Phi) is 7.14. The van der Waals surface area contributed by atoms with E-state index in [0.29, 0.717) is 24.6 Å². The average Bonchev–Trinajstić information content (AvgIpc) is 2.44. The number of hydrogen-bond acceptors (Lipinski definition) is 4. The highest BCUT2D eigenvalue weighted by Gasteiger charge is 2.44. The first-order valence-corrected chi connectivity index (χ1v) is 8.48. The first-order valence-electron chi connectivity index (χ1n) is 8.48. The van der Waals surface area contributed by atoms with Crippen molar-refractivity contribution in [1.82, 2.24) is 10.2 Å². The van der Waals surface area contributed by atoms with E-state index in [9.17, 15) is 4.79 Å². The molecule has 0 amide bonds. The van der Waals surface area contributed by atoms with Crippen molar-refractivity contribution in [1.29, 1.82) is 0 Å². The monoisotopic (exact) mass is 298 g/mol. The molecule has 0 heterocycles. The molecule has 0 aromatic carbocycles. The predicted octanol–water partition coefficient (Wildman–Crippen LogP) is 2.82. The van der Waals surface area contributed by atoms with E-state index in [4.69, 9.17) is 4.74 Å². The Labute approximate surface area is 130 Å². The lowest BCUT2D eigenvalue weighted by molar-refractivity contribution is -0.153. The number of nitrogens with zero attached hydrogens (tertiary/aromatic N) is 1. The first kappa shape index (κ1) is 18.4. The Morgan fingerprint density at radius 1 is 1.38 bits per heavy atom. The number of carbonyl (C=O) groups excluding carboxylic acids is 1. The summed E-state index contributed by atoms with van der Waals surface area (Å²) < 4.78 is 5.33. The van der Waals surface area contributed by atoms with Crippen LogP contribution in [0.2, 0.25) is 0 Å². The largest absolute Gasteiger partial charge is 0.465 e. The maximum Gasteiger partial charge on any atom is 0.326 e. The van der Waals surface area contributed by atoms with E-state index in [2.05, 4.69) is 37.9 Å². The molecule has 0 radical (unpaired) electrons. The van der Waals surface area contributed by atoms with Gasteiger partial charge in [-0.15, -0.1) is 0 Å². The van der Waals surface area contributed by atoms with E-state index in [-0.39, 0.29) is 5.97 Å². The molecule has 0 spiro atoms. The molecule has 1 saturated carbocycles. The van der Waals surface area contributed by atoms with Crippen molar-refractivity contribution in [3.63, 3.8) is 0 Å². The summed E-state index contributed by atoms with van der Waals surface area (Å²) in [5.74, 6) is 0.561. The quantitative estimate of drug-likeness (QED) is 0.734. The van der Waals surface area contributed by atoms with Gasteiger partial charge in [0.1, 0.15) is 5.54 Å². The van der Waals surface area contributed by atoms with Crippen LogP contribution in [0.4, 0.5) is 0 Å². The van der Waals surface area contributed by atoms with Crippen LogP contribution >= 0.6 is 0 Å². The molecular weight excluding hydrogens is 264 g/mol. The maximum atomic E-state index is 12.4. The molecule has 1 aliphatic carbocycles. The van der Waals surface area contributed by atoms with E-state index in [1.807, 2.05) is 14.0 Å². The summed E-state index contributed by atoms with van der Waals surface area (Å²) in [6.07, 6.45) is 3.99. The van der Waals surface area contributed by atoms with Crippen LogP contribution in [0.15, 0.2) is 0 Å². The van der Waals surface area contributed by atoms with Crippen LogP contribution in [0.1, 0.15) is 60.3 Å². The standard InChI is InChI=1S/C17H34N2O2/c1-7-21-16(20)17(18-6)10-8-9-15(11-17)19(14(4)5)12-13(2)3/h13-15,18H,7-12H2,1-6H3. The molecule has 0 saturated heterocycles. The van der Waals surface area contributed by atoms with Gasteiger partial charge in [-0.3, -0.25) is 9.69 Å².